The average molecular weight is 188 g/mol. The van der Waals surface area contributed by atoms with Gasteiger partial charge in [0.1, 0.15) is 0 Å². The predicted octanol–water partition coefficient (Wildman–Crippen LogP) is 1.05. The lowest BCUT2D eigenvalue weighted by molar-refractivity contribution is -0.166. The molecule has 0 amide bonds. The summed E-state index contributed by atoms with van der Waals surface area (Å²) in [5, 5.41) is 9.00. The summed E-state index contributed by atoms with van der Waals surface area (Å²) >= 11 is 0. The normalized spacial score (nSPS) is 20.4. The number of carbonyl (C=O) groups is 1. The molecular formula is C9H16O4. The van der Waals surface area contributed by atoms with Gasteiger partial charge in [-0.2, -0.15) is 0 Å². The molecule has 0 aromatic rings. The molecule has 0 aromatic heterocycles. The minimum Gasteiger partial charge on any atom is -0.479 e. The van der Waals surface area contributed by atoms with Gasteiger partial charge in [0.15, 0.2) is 5.60 Å². The van der Waals surface area contributed by atoms with E-state index in [2.05, 4.69) is 0 Å². The molecule has 0 bridgehead atoms. The van der Waals surface area contributed by atoms with Crippen molar-refractivity contribution in [3.63, 3.8) is 0 Å². The van der Waals surface area contributed by atoms with Crippen LogP contribution in [-0.4, -0.2) is 37.0 Å². The zero-order valence-corrected chi connectivity index (χ0v) is 7.91. The van der Waals surface area contributed by atoms with Crippen LogP contribution in [0.15, 0.2) is 0 Å². The van der Waals surface area contributed by atoms with E-state index in [1.54, 1.807) is 7.11 Å². The van der Waals surface area contributed by atoms with Crippen LogP contribution in [0.1, 0.15) is 25.7 Å². The monoisotopic (exact) mass is 188 g/mol. The SMILES string of the molecule is COCCOC1(C(=O)O)CCCC1. The molecule has 0 saturated heterocycles. The smallest absolute Gasteiger partial charge is 0.335 e. The first-order chi connectivity index (χ1) is 6.21. The second-order valence-corrected chi connectivity index (χ2v) is 3.35. The molecule has 1 aliphatic carbocycles. The molecule has 76 valence electrons. The molecule has 1 fully saturated rings. The first-order valence-electron chi connectivity index (χ1n) is 4.57. The highest BCUT2D eigenvalue weighted by Gasteiger charge is 2.42. The molecule has 0 unspecified atom stereocenters. The standard InChI is InChI=1S/C9H16O4/c1-12-6-7-13-9(8(10)11)4-2-3-5-9/h2-7H2,1H3,(H,10,11). The highest BCUT2D eigenvalue weighted by molar-refractivity contribution is 5.77. The Morgan fingerprint density at radius 1 is 1.38 bits per heavy atom. The first kappa shape index (κ1) is 10.5. The number of rotatable bonds is 5. The van der Waals surface area contributed by atoms with Gasteiger partial charge in [0.2, 0.25) is 0 Å². The van der Waals surface area contributed by atoms with Crippen LogP contribution < -0.4 is 0 Å². The Morgan fingerprint density at radius 2 is 2.00 bits per heavy atom. The summed E-state index contributed by atoms with van der Waals surface area (Å²) in [6.07, 6.45) is 3.15. The molecule has 0 aromatic carbocycles. The van der Waals surface area contributed by atoms with Crippen LogP contribution in [0, 0.1) is 0 Å². The summed E-state index contributed by atoms with van der Waals surface area (Å²) in [6.45, 7) is 0.817. The Balaban J connectivity index is 2.43. The van der Waals surface area contributed by atoms with Crippen molar-refractivity contribution in [1.29, 1.82) is 0 Å². The van der Waals surface area contributed by atoms with Gasteiger partial charge in [0.05, 0.1) is 13.2 Å². The Bertz CT molecular complexity index is 172. The quantitative estimate of drug-likeness (QED) is 0.655. The van der Waals surface area contributed by atoms with Crippen LogP contribution in [0.5, 0.6) is 0 Å². The van der Waals surface area contributed by atoms with Gasteiger partial charge >= 0.3 is 5.97 Å². The Kier molecular flexibility index (Phi) is 3.69. The number of aliphatic carboxylic acids is 1. The maximum absolute atomic E-state index is 11.0. The molecule has 1 aliphatic rings. The van der Waals surface area contributed by atoms with Crippen LogP contribution in [0.25, 0.3) is 0 Å². The second-order valence-electron chi connectivity index (χ2n) is 3.35. The summed E-state index contributed by atoms with van der Waals surface area (Å²) in [6, 6.07) is 0. The minimum atomic E-state index is -0.918. The van der Waals surface area contributed by atoms with Gasteiger partial charge in [0, 0.05) is 7.11 Å². The number of carboxylic acids is 1. The van der Waals surface area contributed by atoms with Crippen molar-refractivity contribution in [2.45, 2.75) is 31.3 Å². The molecule has 13 heavy (non-hydrogen) atoms. The highest BCUT2D eigenvalue weighted by Crippen LogP contribution is 2.33. The average Bonchev–Trinajstić information content (AvgIpc) is 2.55. The van der Waals surface area contributed by atoms with Gasteiger partial charge in [-0.15, -0.1) is 0 Å². The minimum absolute atomic E-state index is 0.364. The Labute approximate surface area is 77.8 Å². The number of ether oxygens (including phenoxy) is 2. The maximum atomic E-state index is 11.0. The van der Waals surface area contributed by atoms with Gasteiger partial charge in [-0.25, -0.2) is 4.79 Å². The van der Waals surface area contributed by atoms with Gasteiger partial charge in [-0.05, 0) is 25.7 Å². The molecular weight excluding hydrogens is 172 g/mol. The number of hydrogen-bond donors (Lipinski definition) is 1. The topological polar surface area (TPSA) is 55.8 Å². The fourth-order valence-electron chi connectivity index (χ4n) is 1.69. The van der Waals surface area contributed by atoms with E-state index in [4.69, 9.17) is 14.6 Å². The summed E-state index contributed by atoms with van der Waals surface area (Å²) in [5.41, 5.74) is -0.918. The summed E-state index contributed by atoms with van der Waals surface area (Å²) in [5.74, 6) is -0.832. The van der Waals surface area contributed by atoms with Crippen LogP contribution in [0.3, 0.4) is 0 Å². The zero-order chi connectivity index (χ0) is 9.73. The molecule has 0 heterocycles. The first-order valence-corrected chi connectivity index (χ1v) is 4.57. The third-order valence-electron chi connectivity index (χ3n) is 2.47. The largest absolute Gasteiger partial charge is 0.479 e. The molecule has 4 heteroatoms. The third kappa shape index (κ3) is 2.42. The summed E-state index contributed by atoms with van der Waals surface area (Å²) < 4.78 is 10.2. The van der Waals surface area contributed by atoms with Gasteiger partial charge < -0.3 is 14.6 Å². The molecule has 0 spiro atoms. The summed E-state index contributed by atoms with van der Waals surface area (Å²) in [7, 11) is 1.57. The van der Waals surface area contributed by atoms with Crippen LogP contribution in [0.4, 0.5) is 0 Å². The van der Waals surface area contributed by atoms with Crippen molar-refractivity contribution >= 4 is 5.97 Å². The van der Waals surface area contributed by atoms with Crippen molar-refractivity contribution in [3.05, 3.63) is 0 Å². The second kappa shape index (κ2) is 4.58. The van der Waals surface area contributed by atoms with Crippen molar-refractivity contribution in [3.8, 4) is 0 Å². The van der Waals surface area contributed by atoms with E-state index in [0.29, 0.717) is 26.1 Å². The van der Waals surface area contributed by atoms with E-state index < -0.39 is 11.6 Å². The third-order valence-corrected chi connectivity index (χ3v) is 2.47. The number of methoxy groups -OCH3 is 1. The predicted molar refractivity (Wildman–Crippen MR) is 46.7 cm³/mol. The lowest BCUT2D eigenvalue weighted by Gasteiger charge is -2.23. The van der Waals surface area contributed by atoms with Gasteiger partial charge in [0.25, 0.3) is 0 Å². The number of carboxylic acid groups (broad SMARTS) is 1. The van der Waals surface area contributed by atoms with Crippen molar-refractivity contribution in [1.82, 2.24) is 0 Å². The van der Waals surface area contributed by atoms with E-state index in [1.165, 1.54) is 0 Å². The summed E-state index contributed by atoms with van der Waals surface area (Å²) in [4.78, 5) is 11.0. The fourth-order valence-corrected chi connectivity index (χ4v) is 1.69. The van der Waals surface area contributed by atoms with Crippen molar-refractivity contribution in [2.75, 3.05) is 20.3 Å². The van der Waals surface area contributed by atoms with Gasteiger partial charge in [-0.1, -0.05) is 0 Å². The van der Waals surface area contributed by atoms with Crippen molar-refractivity contribution < 1.29 is 19.4 Å². The molecule has 0 atom stereocenters. The Morgan fingerprint density at radius 3 is 2.46 bits per heavy atom. The van der Waals surface area contributed by atoms with E-state index in [1.807, 2.05) is 0 Å². The fraction of sp³-hybridized carbons (Fsp3) is 0.889. The maximum Gasteiger partial charge on any atom is 0.335 e. The van der Waals surface area contributed by atoms with Crippen LogP contribution in [0.2, 0.25) is 0 Å². The molecule has 1 saturated carbocycles. The molecule has 0 aliphatic heterocycles. The van der Waals surface area contributed by atoms with E-state index in [9.17, 15) is 4.79 Å². The van der Waals surface area contributed by atoms with Crippen LogP contribution >= 0.6 is 0 Å². The van der Waals surface area contributed by atoms with Crippen LogP contribution in [-0.2, 0) is 14.3 Å². The molecule has 0 radical (unpaired) electrons. The lowest BCUT2D eigenvalue weighted by Crippen LogP contribution is -2.39. The van der Waals surface area contributed by atoms with E-state index in [-0.39, 0.29) is 0 Å². The number of hydrogen-bond acceptors (Lipinski definition) is 3. The molecule has 1 N–H and O–H groups in total. The van der Waals surface area contributed by atoms with Gasteiger partial charge in [-0.3, -0.25) is 0 Å². The Hall–Kier alpha value is -0.610. The zero-order valence-electron chi connectivity index (χ0n) is 7.91. The molecule has 1 rings (SSSR count). The van der Waals surface area contributed by atoms with E-state index >= 15 is 0 Å². The van der Waals surface area contributed by atoms with E-state index in [0.717, 1.165) is 12.8 Å². The highest BCUT2D eigenvalue weighted by atomic mass is 16.5. The molecule has 4 nitrogen and oxygen atoms in total. The lowest BCUT2D eigenvalue weighted by atomic mass is 10.0. The van der Waals surface area contributed by atoms with Crippen molar-refractivity contribution in [2.24, 2.45) is 0 Å².